The SMILES string of the molecule is C.CC(=O)C1=Cc2ccccc2-c2c(C3CCCCC3)c3ccc(C(=O)NS(=O)(=O)N(C)C)cc3n2C1.CN(C)S(=O)(=O)NC(=O)c1ccc2c(C3CCCCC3)c3n(c2c1)CC(C(=O)O)=Cc1ccccc1-3.[3H][B][3H].[U]. The van der Waals surface area contributed by atoms with Crippen LogP contribution in [0.1, 0.15) is 133 Å². The normalized spacial score (nSPS) is 15.8. The van der Waals surface area contributed by atoms with Crippen LogP contribution in [0.5, 0.6) is 0 Å². The van der Waals surface area contributed by atoms with Gasteiger partial charge in [-0.3, -0.25) is 14.4 Å². The number of fused-ring (bicyclic) bond motifs is 10. The molecule has 6 aromatic rings. The summed E-state index contributed by atoms with van der Waals surface area (Å²) in [6, 6.07) is 26.6. The fourth-order valence-corrected chi connectivity index (χ4v) is 12.0. The van der Waals surface area contributed by atoms with Crippen LogP contribution in [0.15, 0.2) is 96.1 Å². The number of carbonyl (C=O) groups is 4. The molecule has 15 nitrogen and oxygen atoms in total. The van der Waals surface area contributed by atoms with Crippen LogP contribution >= 0.6 is 0 Å². The molecule has 19 heteroatoms. The third-order valence-electron chi connectivity index (χ3n) is 14.6. The summed E-state index contributed by atoms with van der Waals surface area (Å²) in [6.07, 6.45) is 15.1. The summed E-state index contributed by atoms with van der Waals surface area (Å²) in [7, 11) is -1.94. The molecule has 2 amide bonds. The molecule has 10 rings (SSSR count). The van der Waals surface area contributed by atoms with Crippen molar-refractivity contribution < 1.29 is 72.2 Å². The Kier molecular flexibility index (Phi) is 17.7. The van der Waals surface area contributed by atoms with E-state index in [9.17, 15) is 41.1 Å². The van der Waals surface area contributed by atoms with Crippen LogP contribution in [0.3, 0.4) is 0 Å². The number of amides is 2. The molecule has 4 aromatic carbocycles. The molecule has 0 unspecified atom stereocenters. The summed E-state index contributed by atoms with van der Waals surface area (Å²) < 4.78 is 70.8. The zero-order valence-corrected chi connectivity index (χ0v) is 48.1. The Balaban J connectivity index is 0.000000232. The number of nitrogens with zero attached hydrogens (tertiary/aromatic N) is 4. The maximum atomic E-state index is 12.9. The van der Waals surface area contributed by atoms with E-state index in [1.165, 1.54) is 65.0 Å². The number of Topliss-reactive ketones (excluding diaryl/α,β-unsaturated/α-hetero) is 1. The number of rotatable bonds is 10. The number of benzene rings is 4. The van der Waals surface area contributed by atoms with E-state index < -0.39 is 38.2 Å². The average Bonchev–Trinajstić information content (AvgIpc) is 3.72. The summed E-state index contributed by atoms with van der Waals surface area (Å²) in [4.78, 5) is 50.6. The number of carboxylic acid groups (broad SMARTS) is 1. The van der Waals surface area contributed by atoms with Gasteiger partial charge in [0.1, 0.15) is 0 Å². The zero-order valence-electron chi connectivity index (χ0n) is 44.3. The third-order valence-corrected chi connectivity index (χ3v) is 17.4. The number of carbonyl (C=O) groups excluding carboxylic acids is 3. The van der Waals surface area contributed by atoms with E-state index in [1.54, 1.807) is 37.3 Å². The summed E-state index contributed by atoms with van der Waals surface area (Å²) in [5.74, 6) is -1.70. The second kappa shape index (κ2) is 23.8. The Morgan fingerprint density at radius 1 is 0.613 bits per heavy atom. The van der Waals surface area contributed by atoms with Crippen LogP contribution in [0, 0.1) is 31.1 Å². The van der Waals surface area contributed by atoms with E-state index in [0.29, 0.717) is 32.3 Å². The summed E-state index contributed by atoms with van der Waals surface area (Å²) in [5, 5.41) is 12.0. The van der Waals surface area contributed by atoms with Crippen molar-refractivity contribution in [2.75, 3.05) is 28.2 Å². The van der Waals surface area contributed by atoms with Gasteiger partial charge >= 0.3 is 26.4 Å². The Morgan fingerprint density at radius 3 is 1.36 bits per heavy atom. The van der Waals surface area contributed by atoms with Crippen LogP contribution in [0.4, 0.5) is 0 Å². The molecule has 393 valence electrons. The number of nitrogens with one attached hydrogen (secondary N) is 2. The van der Waals surface area contributed by atoms with Crippen molar-refractivity contribution in [1.29, 1.82) is 2.67 Å². The zero-order chi connectivity index (χ0) is 53.9. The first-order chi connectivity index (χ1) is 35.8. The van der Waals surface area contributed by atoms with Crippen LogP contribution in [0.2, 0.25) is 0 Å². The topological polar surface area (TPSA) is 197 Å². The summed E-state index contributed by atoms with van der Waals surface area (Å²) >= 11 is 0. The first-order valence-electron chi connectivity index (χ1n) is 25.7. The first kappa shape index (κ1) is 55.7. The number of aliphatic carboxylic acids is 1. The van der Waals surface area contributed by atoms with Crippen molar-refractivity contribution in [2.45, 2.75) is 103 Å². The molecular formula is C56H66BN6O9S2U. The molecular weight excluding hydrogens is 1210 g/mol. The van der Waals surface area contributed by atoms with Crippen LogP contribution in [-0.2, 0) is 43.1 Å². The molecule has 75 heavy (non-hydrogen) atoms. The van der Waals surface area contributed by atoms with Gasteiger partial charge in [0.05, 0.1) is 38.4 Å². The predicted molar refractivity (Wildman–Crippen MR) is 296 cm³/mol. The van der Waals surface area contributed by atoms with Gasteiger partial charge in [-0.25, -0.2) is 14.2 Å². The Hall–Kier alpha value is -5.54. The van der Waals surface area contributed by atoms with Crippen LogP contribution < -0.4 is 9.44 Å². The van der Waals surface area contributed by atoms with Crippen molar-refractivity contribution in [2.24, 2.45) is 0 Å². The molecule has 0 spiro atoms. The molecule has 0 atom stereocenters. The van der Waals surface area contributed by atoms with Crippen molar-refractivity contribution in [3.8, 4) is 22.5 Å². The molecule has 2 aliphatic carbocycles. The monoisotopic (exact) mass is 1280 g/mol. The largest absolute Gasteiger partial charge is 0.478 e. The van der Waals surface area contributed by atoms with Gasteiger partial charge in [-0.05, 0) is 106 Å². The molecule has 2 saturated carbocycles. The maximum Gasteiger partial charge on any atom is 0.333 e. The second-order valence-electron chi connectivity index (χ2n) is 19.6. The van der Waals surface area contributed by atoms with Gasteiger partial charge < -0.3 is 14.2 Å². The molecule has 3 N–H and O–H groups in total. The molecule has 0 bridgehead atoms. The molecule has 4 heterocycles. The van der Waals surface area contributed by atoms with Crippen LogP contribution in [-0.4, -0.2) is 102 Å². The van der Waals surface area contributed by atoms with Crippen molar-refractivity contribution in [1.82, 2.24) is 27.2 Å². The Bertz CT molecular complexity index is 3300. The number of hydrogen-bond donors (Lipinski definition) is 3. The van der Waals surface area contributed by atoms with Gasteiger partial charge in [0.2, 0.25) is 0 Å². The second-order valence-corrected chi connectivity index (χ2v) is 23.4. The van der Waals surface area contributed by atoms with Gasteiger partial charge in [-0.1, -0.05) is 107 Å². The number of carboxylic acids is 1. The van der Waals surface area contributed by atoms with E-state index in [4.69, 9.17) is 2.67 Å². The predicted octanol–water partition coefficient (Wildman–Crippen LogP) is 8.97. The summed E-state index contributed by atoms with van der Waals surface area (Å²) in [5.41, 5.74) is 11.4. The third kappa shape index (κ3) is 11.7. The van der Waals surface area contributed by atoms with Gasteiger partial charge in [-0.2, -0.15) is 25.4 Å². The maximum absolute atomic E-state index is 12.9. The Labute approximate surface area is 468 Å². The van der Waals surface area contributed by atoms with E-state index in [1.807, 2.05) is 65.2 Å². The van der Waals surface area contributed by atoms with Crippen molar-refractivity contribution in [3.63, 3.8) is 0 Å². The fraction of sp³-hybridized carbons (Fsp3) is 0.357. The first-order valence-corrected chi connectivity index (χ1v) is 27.4. The Morgan fingerprint density at radius 2 is 0.987 bits per heavy atom. The average molecular weight is 1280 g/mol. The summed E-state index contributed by atoms with van der Waals surface area (Å²) in [6.45, 7) is 2.12. The van der Waals surface area contributed by atoms with E-state index in [2.05, 4.69) is 20.1 Å². The molecule has 2 aliphatic heterocycles. The standard InChI is InChI=1S/C28H31N3O4S.C27H29N3O5S.CH4.BH2.U/c1-18(32)22-15-20-11-7-8-12-23(20)27-26(19-9-5-4-6-10-19)24-14-13-21(16-25(24)31(27)17-22)28(33)29-36(34,35)30(2)3;1-29(2)36(34,35)28-26(31)19-12-13-22-23(15-19)30-16-20(27(32)33)14-18-10-6-7-11-21(18)25(30)24(22)17-8-4-3-5-9-17;;;/h7-8,11-16,19H,4-6,9-10,17H2,1-3H3,(H,29,33);6-7,10-15,17H,3-5,8-9,16H2,1-2H3,(H,28,31)(H,32,33);1H4;1H2;/i;;;1T2;. The number of ketones is 1. The minimum atomic E-state index is -3.95. The van der Waals surface area contributed by atoms with E-state index in [0.717, 1.165) is 103 Å². The van der Waals surface area contributed by atoms with Gasteiger partial charge in [-0.15, -0.1) is 0 Å². The van der Waals surface area contributed by atoms with Gasteiger partial charge in [0, 0.05) is 109 Å². The molecule has 2 fully saturated rings. The van der Waals surface area contributed by atoms with Crippen molar-refractivity contribution in [3.05, 3.63) is 129 Å². The molecule has 1 radical (unpaired) electrons. The van der Waals surface area contributed by atoms with Gasteiger partial charge in [0.25, 0.3) is 11.8 Å². The fourth-order valence-electron chi connectivity index (χ4n) is 10.9. The van der Waals surface area contributed by atoms with Crippen LogP contribution in [0.25, 0.3) is 56.5 Å². The molecule has 0 saturated heterocycles. The number of aromatic nitrogens is 2. The van der Waals surface area contributed by atoms with E-state index >= 15 is 0 Å². The van der Waals surface area contributed by atoms with Gasteiger partial charge in [0.15, 0.2) is 5.78 Å². The minimum absolute atomic E-state index is 0. The number of allylic oxidation sites excluding steroid dienone is 1. The quantitative estimate of drug-likeness (QED) is 0.112. The molecule has 4 aliphatic rings. The smallest absolute Gasteiger partial charge is 0.333 e. The molecule has 2 aromatic heterocycles. The minimum Gasteiger partial charge on any atom is -0.478 e. The van der Waals surface area contributed by atoms with Crippen molar-refractivity contribution >= 4 is 86.3 Å². The van der Waals surface area contributed by atoms with E-state index in [-0.39, 0.29) is 67.6 Å². The number of hydrogen-bond acceptors (Lipinski definition) is 8.